The predicted octanol–water partition coefficient (Wildman–Crippen LogP) is 3.54. The molecular formula is C19H27N3O2. The minimum Gasteiger partial charge on any atom is -0.468 e. The molecule has 0 radical (unpaired) electrons. The maximum Gasteiger partial charge on any atom is 0.235 e. The molecule has 1 aromatic rings. The third-order valence-electron chi connectivity index (χ3n) is 5.38. The van der Waals surface area contributed by atoms with Gasteiger partial charge in [-0.1, -0.05) is 32.1 Å². The monoisotopic (exact) mass is 329 g/mol. The zero-order chi connectivity index (χ0) is 16.8. The Kier molecular flexibility index (Phi) is 5.57. The van der Waals surface area contributed by atoms with Gasteiger partial charge in [0.25, 0.3) is 0 Å². The molecule has 130 valence electrons. The van der Waals surface area contributed by atoms with Gasteiger partial charge in [0, 0.05) is 0 Å². The minimum atomic E-state index is -0.651. The van der Waals surface area contributed by atoms with Gasteiger partial charge in [-0.15, -0.1) is 0 Å². The van der Waals surface area contributed by atoms with Crippen LogP contribution in [0.4, 0.5) is 0 Å². The van der Waals surface area contributed by atoms with E-state index in [1.54, 1.807) is 6.26 Å². The SMILES string of the molecule is N#CC1(NC(=O)CN2CCCCCC2c2ccco2)CCCCC1. The van der Waals surface area contributed by atoms with Crippen LogP contribution >= 0.6 is 0 Å². The van der Waals surface area contributed by atoms with Crippen molar-refractivity contribution >= 4 is 5.91 Å². The molecule has 2 heterocycles. The number of hydrogen-bond donors (Lipinski definition) is 1. The van der Waals surface area contributed by atoms with Crippen molar-refractivity contribution in [3.63, 3.8) is 0 Å². The third kappa shape index (κ3) is 3.99. The third-order valence-corrected chi connectivity index (χ3v) is 5.38. The second-order valence-electron chi connectivity index (χ2n) is 7.15. The zero-order valence-electron chi connectivity index (χ0n) is 14.3. The van der Waals surface area contributed by atoms with Crippen molar-refractivity contribution in [3.05, 3.63) is 24.2 Å². The molecule has 1 saturated heterocycles. The lowest BCUT2D eigenvalue weighted by Crippen LogP contribution is -2.52. The largest absolute Gasteiger partial charge is 0.468 e. The second-order valence-corrected chi connectivity index (χ2v) is 7.15. The van der Waals surface area contributed by atoms with Crippen LogP contribution in [0.1, 0.15) is 69.6 Å². The molecule has 0 aromatic carbocycles. The van der Waals surface area contributed by atoms with Gasteiger partial charge < -0.3 is 9.73 Å². The Morgan fingerprint density at radius 1 is 1.29 bits per heavy atom. The molecule has 0 bridgehead atoms. The fourth-order valence-corrected chi connectivity index (χ4v) is 4.07. The number of carbonyl (C=O) groups excluding carboxylic acids is 1. The summed E-state index contributed by atoms with van der Waals surface area (Å²) < 4.78 is 5.61. The normalized spacial score (nSPS) is 24.7. The van der Waals surface area contributed by atoms with Crippen molar-refractivity contribution in [3.8, 4) is 6.07 Å². The summed E-state index contributed by atoms with van der Waals surface area (Å²) in [5.74, 6) is 0.911. The molecule has 2 fully saturated rings. The Bertz CT molecular complexity index is 570. The molecule has 1 aliphatic carbocycles. The van der Waals surface area contributed by atoms with E-state index in [9.17, 15) is 10.1 Å². The second kappa shape index (κ2) is 7.85. The number of furan rings is 1. The molecule has 1 aromatic heterocycles. The van der Waals surface area contributed by atoms with Crippen molar-refractivity contribution in [1.82, 2.24) is 10.2 Å². The van der Waals surface area contributed by atoms with Gasteiger partial charge in [0.2, 0.25) is 5.91 Å². The Balaban J connectivity index is 1.65. The molecule has 24 heavy (non-hydrogen) atoms. The summed E-state index contributed by atoms with van der Waals surface area (Å²) in [4.78, 5) is 14.9. The number of hydrogen-bond acceptors (Lipinski definition) is 4. The van der Waals surface area contributed by atoms with Crippen molar-refractivity contribution in [2.75, 3.05) is 13.1 Å². The predicted molar refractivity (Wildman–Crippen MR) is 91.1 cm³/mol. The summed E-state index contributed by atoms with van der Waals surface area (Å²) in [6.45, 7) is 1.24. The Labute approximate surface area is 144 Å². The van der Waals surface area contributed by atoms with Crippen LogP contribution in [-0.4, -0.2) is 29.4 Å². The summed E-state index contributed by atoms with van der Waals surface area (Å²) in [5.41, 5.74) is -0.651. The number of amides is 1. The van der Waals surface area contributed by atoms with Gasteiger partial charge in [0.05, 0.1) is 24.9 Å². The standard InChI is InChI=1S/C19H27N3O2/c20-15-19(10-4-2-5-11-19)21-18(23)14-22-12-6-1-3-8-16(22)17-9-7-13-24-17/h7,9,13,16H,1-6,8,10-12,14H2,(H,21,23). The van der Waals surface area contributed by atoms with Crippen LogP contribution in [0.5, 0.6) is 0 Å². The molecule has 5 heteroatoms. The molecule has 0 spiro atoms. The minimum absolute atomic E-state index is 0.0306. The summed E-state index contributed by atoms with van der Waals surface area (Å²) in [6.07, 6.45) is 10.9. The van der Waals surface area contributed by atoms with E-state index in [-0.39, 0.29) is 11.9 Å². The van der Waals surface area contributed by atoms with Gasteiger partial charge in [-0.3, -0.25) is 9.69 Å². The fourth-order valence-electron chi connectivity index (χ4n) is 4.07. The molecule has 1 unspecified atom stereocenters. The highest BCUT2D eigenvalue weighted by Gasteiger charge is 2.35. The van der Waals surface area contributed by atoms with E-state index in [4.69, 9.17) is 4.42 Å². The molecule has 1 aliphatic heterocycles. The highest BCUT2D eigenvalue weighted by Crippen LogP contribution is 2.31. The number of rotatable bonds is 4. The van der Waals surface area contributed by atoms with Gasteiger partial charge in [-0.25, -0.2) is 0 Å². The van der Waals surface area contributed by atoms with Gasteiger partial charge in [-0.05, 0) is 44.4 Å². The lowest BCUT2D eigenvalue weighted by Gasteiger charge is -2.33. The van der Waals surface area contributed by atoms with Crippen molar-refractivity contribution in [2.45, 2.75) is 69.4 Å². The molecule has 3 rings (SSSR count). The number of carbonyl (C=O) groups is 1. The number of nitrogens with one attached hydrogen (secondary N) is 1. The lowest BCUT2D eigenvalue weighted by molar-refractivity contribution is -0.124. The number of nitrogens with zero attached hydrogens (tertiary/aromatic N) is 2. The van der Waals surface area contributed by atoms with Crippen LogP contribution in [0.15, 0.2) is 22.8 Å². The van der Waals surface area contributed by atoms with Crippen LogP contribution < -0.4 is 5.32 Å². The maximum absolute atomic E-state index is 12.6. The van der Waals surface area contributed by atoms with E-state index < -0.39 is 5.54 Å². The molecule has 5 nitrogen and oxygen atoms in total. The summed E-state index contributed by atoms with van der Waals surface area (Å²) in [7, 11) is 0. The maximum atomic E-state index is 12.6. The van der Waals surface area contributed by atoms with Crippen LogP contribution in [0.2, 0.25) is 0 Å². The van der Waals surface area contributed by atoms with E-state index in [0.29, 0.717) is 6.54 Å². The van der Waals surface area contributed by atoms with Crippen molar-refractivity contribution in [1.29, 1.82) is 5.26 Å². The highest BCUT2D eigenvalue weighted by atomic mass is 16.3. The van der Waals surface area contributed by atoms with Crippen molar-refractivity contribution in [2.24, 2.45) is 0 Å². The first kappa shape index (κ1) is 17.0. The average molecular weight is 329 g/mol. The Morgan fingerprint density at radius 3 is 2.79 bits per heavy atom. The van der Waals surface area contributed by atoms with E-state index in [1.165, 1.54) is 6.42 Å². The molecule has 1 saturated carbocycles. The van der Waals surface area contributed by atoms with Crippen LogP contribution in [-0.2, 0) is 4.79 Å². The summed E-state index contributed by atoms with van der Waals surface area (Å²) in [5, 5.41) is 12.6. The van der Waals surface area contributed by atoms with Gasteiger partial charge in [0.1, 0.15) is 11.3 Å². The smallest absolute Gasteiger partial charge is 0.235 e. The van der Waals surface area contributed by atoms with Gasteiger partial charge in [-0.2, -0.15) is 5.26 Å². The van der Waals surface area contributed by atoms with Crippen molar-refractivity contribution < 1.29 is 9.21 Å². The topological polar surface area (TPSA) is 69.3 Å². The molecular weight excluding hydrogens is 302 g/mol. The van der Waals surface area contributed by atoms with E-state index in [1.807, 2.05) is 12.1 Å². The van der Waals surface area contributed by atoms with Crippen LogP contribution in [0, 0.1) is 11.3 Å². The first-order chi connectivity index (χ1) is 11.7. The first-order valence-electron chi connectivity index (χ1n) is 9.22. The fraction of sp³-hybridized carbons (Fsp3) is 0.684. The Morgan fingerprint density at radius 2 is 2.08 bits per heavy atom. The summed E-state index contributed by atoms with van der Waals surface area (Å²) in [6, 6.07) is 6.44. The zero-order valence-corrected chi connectivity index (χ0v) is 14.3. The van der Waals surface area contributed by atoms with Crippen LogP contribution in [0.25, 0.3) is 0 Å². The molecule has 2 aliphatic rings. The molecule has 1 atom stereocenters. The van der Waals surface area contributed by atoms with Gasteiger partial charge in [0.15, 0.2) is 0 Å². The number of nitriles is 1. The first-order valence-corrected chi connectivity index (χ1v) is 9.22. The average Bonchev–Trinajstić information content (AvgIpc) is 3.03. The summed E-state index contributed by atoms with van der Waals surface area (Å²) >= 11 is 0. The molecule has 1 N–H and O–H groups in total. The quantitative estimate of drug-likeness (QED) is 0.917. The van der Waals surface area contributed by atoms with Gasteiger partial charge >= 0.3 is 0 Å². The molecule has 1 amide bonds. The van der Waals surface area contributed by atoms with Crippen LogP contribution in [0.3, 0.4) is 0 Å². The lowest BCUT2D eigenvalue weighted by atomic mass is 9.83. The van der Waals surface area contributed by atoms with E-state index in [2.05, 4.69) is 16.3 Å². The van der Waals surface area contributed by atoms with E-state index >= 15 is 0 Å². The highest BCUT2D eigenvalue weighted by molar-refractivity contribution is 5.79. The number of likely N-dealkylation sites (tertiary alicyclic amines) is 1. The van der Waals surface area contributed by atoms with E-state index in [0.717, 1.165) is 63.7 Å². The Hall–Kier alpha value is -1.80.